The second-order valence-electron chi connectivity index (χ2n) is 4.38. The van der Waals surface area contributed by atoms with Crippen LogP contribution >= 0.6 is 23.2 Å². The average Bonchev–Trinajstić information content (AvgIpc) is 2.40. The summed E-state index contributed by atoms with van der Waals surface area (Å²) in [5, 5.41) is 3.57. The summed E-state index contributed by atoms with van der Waals surface area (Å²) in [5.74, 6) is -0.838. The molecule has 0 bridgehead atoms. The highest BCUT2D eigenvalue weighted by molar-refractivity contribution is 6.31. The Morgan fingerprint density at radius 2 is 1.60 bits per heavy atom. The van der Waals surface area contributed by atoms with E-state index in [4.69, 9.17) is 23.2 Å². The van der Waals surface area contributed by atoms with Crippen LogP contribution in [0, 0.1) is 11.6 Å². The van der Waals surface area contributed by atoms with Crippen molar-refractivity contribution in [2.45, 2.75) is 12.5 Å². The van der Waals surface area contributed by atoms with Crippen molar-refractivity contribution in [3.8, 4) is 0 Å². The van der Waals surface area contributed by atoms with Crippen LogP contribution in [-0.2, 0) is 6.42 Å². The Labute approximate surface area is 126 Å². The van der Waals surface area contributed by atoms with Crippen LogP contribution in [0.4, 0.5) is 8.78 Å². The summed E-state index contributed by atoms with van der Waals surface area (Å²) in [6.07, 6.45) is 0.211. The standard InChI is InChI=1S/C15H13Cl2F2N/c1-20-14(15-11(17)5-3-7-13(15)19)8-9-10(16)4-2-6-12(9)18/h2-7,14,20H,8H2,1H3. The molecule has 1 N–H and O–H groups in total. The predicted octanol–water partition coefficient (Wildman–Crippen LogP) is 4.77. The molecule has 2 aromatic rings. The highest BCUT2D eigenvalue weighted by atomic mass is 35.5. The van der Waals surface area contributed by atoms with Crippen LogP contribution < -0.4 is 5.32 Å². The fraction of sp³-hybridized carbons (Fsp3) is 0.200. The lowest BCUT2D eigenvalue weighted by Crippen LogP contribution is -2.21. The molecule has 0 amide bonds. The number of nitrogens with one attached hydrogen (secondary N) is 1. The van der Waals surface area contributed by atoms with Gasteiger partial charge < -0.3 is 5.32 Å². The van der Waals surface area contributed by atoms with Gasteiger partial charge in [0.2, 0.25) is 0 Å². The van der Waals surface area contributed by atoms with Gasteiger partial charge in [-0.1, -0.05) is 35.3 Å². The molecule has 2 rings (SSSR count). The lowest BCUT2D eigenvalue weighted by molar-refractivity contribution is 0.520. The van der Waals surface area contributed by atoms with Crippen molar-refractivity contribution >= 4 is 23.2 Å². The first-order chi connectivity index (χ1) is 9.54. The Bertz CT molecular complexity index is 576. The van der Waals surface area contributed by atoms with Gasteiger partial charge in [-0.05, 0) is 37.7 Å². The van der Waals surface area contributed by atoms with Crippen molar-refractivity contribution in [1.82, 2.24) is 5.32 Å². The number of benzene rings is 2. The van der Waals surface area contributed by atoms with Gasteiger partial charge >= 0.3 is 0 Å². The summed E-state index contributed by atoms with van der Waals surface area (Å²) < 4.78 is 27.8. The normalized spacial score (nSPS) is 12.4. The molecule has 1 atom stereocenters. The van der Waals surface area contributed by atoms with E-state index in [-0.39, 0.29) is 6.42 Å². The number of hydrogen-bond acceptors (Lipinski definition) is 1. The molecule has 0 saturated carbocycles. The minimum absolute atomic E-state index is 0.211. The first-order valence-electron chi connectivity index (χ1n) is 6.08. The fourth-order valence-corrected chi connectivity index (χ4v) is 2.66. The summed E-state index contributed by atoms with van der Waals surface area (Å²) in [5.41, 5.74) is 0.656. The van der Waals surface area contributed by atoms with Crippen LogP contribution in [0.3, 0.4) is 0 Å². The molecule has 0 saturated heterocycles. The molecule has 1 unspecified atom stereocenters. The van der Waals surface area contributed by atoms with Gasteiger partial charge in [-0.3, -0.25) is 0 Å². The summed E-state index contributed by atoms with van der Waals surface area (Å²) in [6, 6.07) is 8.47. The monoisotopic (exact) mass is 315 g/mol. The molecule has 0 radical (unpaired) electrons. The first kappa shape index (κ1) is 15.2. The van der Waals surface area contributed by atoms with Gasteiger partial charge in [0.1, 0.15) is 11.6 Å². The number of rotatable bonds is 4. The molecule has 0 aliphatic heterocycles. The van der Waals surface area contributed by atoms with Crippen molar-refractivity contribution in [3.05, 3.63) is 69.2 Å². The van der Waals surface area contributed by atoms with Crippen LogP contribution in [0.1, 0.15) is 17.2 Å². The average molecular weight is 316 g/mol. The van der Waals surface area contributed by atoms with Crippen molar-refractivity contribution in [3.63, 3.8) is 0 Å². The summed E-state index contributed by atoms with van der Waals surface area (Å²) >= 11 is 12.0. The van der Waals surface area contributed by atoms with Crippen molar-refractivity contribution in [2.24, 2.45) is 0 Å². The van der Waals surface area contributed by atoms with Gasteiger partial charge in [-0.25, -0.2) is 8.78 Å². The van der Waals surface area contributed by atoms with Crippen LogP contribution in [0.2, 0.25) is 10.0 Å². The lowest BCUT2D eigenvalue weighted by atomic mass is 9.98. The maximum atomic E-state index is 13.9. The molecule has 1 nitrogen and oxygen atoms in total. The third-order valence-electron chi connectivity index (χ3n) is 3.17. The Kier molecular flexibility index (Phi) is 4.97. The number of hydrogen-bond donors (Lipinski definition) is 1. The number of likely N-dealkylation sites (N-methyl/N-ethyl adjacent to an activating group) is 1. The van der Waals surface area contributed by atoms with E-state index in [1.165, 1.54) is 24.3 Å². The summed E-state index contributed by atoms with van der Waals surface area (Å²) in [6.45, 7) is 0. The van der Waals surface area contributed by atoms with Gasteiger partial charge in [-0.15, -0.1) is 0 Å². The zero-order valence-electron chi connectivity index (χ0n) is 10.8. The second kappa shape index (κ2) is 6.53. The molecule has 0 fully saturated rings. The quantitative estimate of drug-likeness (QED) is 0.856. The van der Waals surface area contributed by atoms with Gasteiger partial charge in [0.05, 0.1) is 0 Å². The van der Waals surface area contributed by atoms with Crippen LogP contribution in [0.5, 0.6) is 0 Å². The van der Waals surface area contributed by atoms with Gasteiger partial charge in [-0.2, -0.15) is 0 Å². The first-order valence-corrected chi connectivity index (χ1v) is 6.84. The lowest BCUT2D eigenvalue weighted by Gasteiger charge is -2.19. The van der Waals surface area contributed by atoms with Crippen molar-refractivity contribution in [1.29, 1.82) is 0 Å². The molecule has 0 aliphatic carbocycles. The van der Waals surface area contributed by atoms with E-state index < -0.39 is 17.7 Å². The van der Waals surface area contributed by atoms with Crippen molar-refractivity contribution < 1.29 is 8.78 Å². The second-order valence-corrected chi connectivity index (χ2v) is 5.20. The Balaban J connectivity index is 2.39. The SMILES string of the molecule is CNC(Cc1c(F)cccc1Cl)c1c(F)cccc1Cl. The highest BCUT2D eigenvalue weighted by Gasteiger charge is 2.20. The Morgan fingerprint density at radius 3 is 2.15 bits per heavy atom. The predicted molar refractivity (Wildman–Crippen MR) is 78.3 cm³/mol. The molecule has 0 aliphatic rings. The Morgan fingerprint density at radius 1 is 1.00 bits per heavy atom. The molecule has 106 valence electrons. The Hall–Kier alpha value is -1.16. The maximum absolute atomic E-state index is 13.9. The van der Waals surface area contributed by atoms with Gasteiger partial charge in [0.25, 0.3) is 0 Å². The molecule has 0 aromatic heterocycles. The molecule has 20 heavy (non-hydrogen) atoms. The topological polar surface area (TPSA) is 12.0 Å². The van der Waals surface area contributed by atoms with E-state index >= 15 is 0 Å². The van der Waals surface area contributed by atoms with Gasteiger partial charge in [0.15, 0.2) is 0 Å². The smallest absolute Gasteiger partial charge is 0.129 e. The molecule has 0 heterocycles. The van der Waals surface area contributed by atoms with Crippen LogP contribution in [0.25, 0.3) is 0 Å². The van der Waals surface area contributed by atoms with E-state index in [1.807, 2.05) is 0 Å². The third-order valence-corrected chi connectivity index (χ3v) is 3.85. The molecule has 0 spiro atoms. The molecule has 2 aromatic carbocycles. The molecular weight excluding hydrogens is 303 g/mol. The largest absolute Gasteiger partial charge is 0.313 e. The zero-order chi connectivity index (χ0) is 14.7. The zero-order valence-corrected chi connectivity index (χ0v) is 12.3. The minimum atomic E-state index is -0.460. The van der Waals surface area contributed by atoms with E-state index in [9.17, 15) is 8.78 Å². The molecule has 5 heteroatoms. The summed E-state index contributed by atoms with van der Waals surface area (Å²) in [4.78, 5) is 0. The van der Waals surface area contributed by atoms with E-state index in [1.54, 1.807) is 19.2 Å². The number of halogens is 4. The van der Waals surface area contributed by atoms with Crippen LogP contribution in [-0.4, -0.2) is 7.05 Å². The third kappa shape index (κ3) is 3.11. The van der Waals surface area contributed by atoms with E-state index in [2.05, 4.69) is 5.32 Å². The fourth-order valence-electron chi connectivity index (χ4n) is 2.12. The maximum Gasteiger partial charge on any atom is 0.129 e. The molecular formula is C15H13Cl2F2N. The van der Waals surface area contributed by atoms with Crippen molar-refractivity contribution in [2.75, 3.05) is 7.05 Å². The summed E-state index contributed by atoms with van der Waals surface area (Å²) in [7, 11) is 1.67. The highest BCUT2D eigenvalue weighted by Crippen LogP contribution is 2.30. The van der Waals surface area contributed by atoms with E-state index in [0.717, 1.165) is 0 Å². The minimum Gasteiger partial charge on any atom is -0.313 e. The van der Waals surface area contributed by atoms with Gasteiger partial charge in [0, 0.05) is 27.2 Å². The van der Waals surface area contributed by atoms with E-state index in [0.29, 0.717) is 21.2 Å². The van der Waals surface area contributed by atoms with Crippen LogP contribution in [0.15, 0.2) is 36.4 Å².